The molecule has 0 bridgehead atoms. The van der Waals surface area contributed by atoms with Gasteiger partial charge in [0.1, 0.15) is 23.6 Å². The number of furan rings is 1. The van der Waals surface area contributed by atoms with Gasteiger partial charge in [-0.25, -0.2) is 0 Å². The van der Waals surface area contributed by atoms with Crippen LogP contribution in [0.4, 0.5) is 5.88 Å². The Kier molecular flexibility index (Phi) is 2.99. The van der Waals surface area contributed by atoms with Crippen LogP contribution in [-0.2, 0) is 0 Å². The molecule has 4 heteroatoms. The maximum absolute atomic E-state index is 9.07. The third-order valence-electron chi connectivity index (χ3n) is 2.91. The van der Waals surface area contributed by atoms with Gasteiger partial charge in [0, 0.05) is 5.56 Å². The number of nitriles is 1. The van der Waals surface area contributed by atoms with Gasteiger partial charge in [-0.05, 0) is 42.7 Å². The van der Waals surface area contributed by atoms with E-state index in [-0.39, 0.29) is 5.88 Å². The molecule has 1 aromatic carbocycles. The zero-order valence-corrected chi connectivity index (χ0v) is 10.6. The second-order valence-electron chi connectivity index (χ2n) is 4.14. The van der Waals surface area contributed by atoms with E-state index in [1.54, 1.807) is 7.11 Å². The molecule has 0 unspecified atom stereocenters. The number of rotatable bonds is 2. The molecule has 1 heterocycles. The molecule has 2 aromatic rings. The van der Waals surface area contributed by atoms with Gasteiger partial charge in [0.05, 0.1) is 7.11 Å². The van der Waals surface area contributed by atoms with E-state index in [1.807, 2.05) is 26.0 Å². The van der Waals surface area contributed by atoms with E-state index in [0.717, 1.165) is 22.4 Å². The molecule has 0 saturated carbocycles. The highest BCUT2D eigenvalue weighted by molar-refractivity contribution is 5.76. The third-order valence-corrected chi connectivity index (χ3v) is 2.91. The van der Waals surface area contributed by atoms with Crippen molar-refractivity contribution in [3.63, 3.8) is 0 Å². The predicted octanol–water partition coefficient (Wildman–Crippen LogP) is 3.03. The Morgan fingerprint density at radius 1 is 1.28 bits per heavy atom. The lowest BCUT2D eigenvalue weighted by Gasteiger charge is -2.10. The number of ether oxygens (including phenoxy) is 1. The van der Waals surface area contributed by atoms with Crippen molar-refractivity contribution in [2.75, 3.05) is 12.8 Å². The fourth-order valence-corrected chi connectivity index (χ4v) is 2.13. The molecule has 0 aliphatic rings. The molecule has 0 atom stereocenters. The van der Waals surface area contributed by atoms with Gasteiger partial charge in [0.25, 0.3) is 0 Å². The smallest absolute Gasteiger partial charge is 0.208 e. The molecule has 2 rings (SSSR count). The average Bonchev–Trinajstić information content (AvgIpc) is 2.69. The normalized spacial score (nSPS) is 10.1. The SMILES string of the molecule is COc1c(C)cc(-c2coc(N)c2C#N)cc1C. The first-order valence-electron chi connectivity index (χ1n) is 5.51. The van der Waals surface area contributed by atoms with Gasteiger partial charge in [0.15, 0.2) is 0 Å². The quantitative estimate of drug-likeness (QED) is 0.878. The summed E-state index contributed by atoms with van der Waals surface area (Å²) < 4.78 is 10.4. The van der Waals surface area contributed by atoms with Gasteiger partial charge < -0.3 is 14.9 Å². The lowest BCUT2D eigenvalue weighted by molar-refractivity contribution is 0.408. The molecule has 0 aliphatic carbocycles. The number of nitrogens with zero attached hydrogens (tertiary/aromatic N) is 1. The van der Waals surface area contributed by atoms with Crippen LogP contribution in [0, 0.1) is 25.2 Å². The largest absolute Gasteiger partial charge is 0.496 e. The second-order valence-corrected chi connectivity index (χ2v) is 4.14. The fraction of sp³-hybridized carbons (Fsp3) is 0.214. The minimum absolute atomic E-state index is 0.152. The molecule has 0 aliphatic heterocycles. The monoisotopic (exact) mass is 242 g/mol. The van der Waals surface area contributed by atoms with E-state index < -0.39 is 0 Å². The zero-order chi connectivity index (χ0) is 13.3. The number of aryl methyl sites for hydroxylation is 2. The summed E-state index contributed by atoms with van der Waals surface area (Å²) in [5.41, 5.74) is 9.62. The van der Waals surface area contributed by atoms with Crippen molar-refractivity contribution >= 4 is 5.88 Å². The van der Waals surface area contributed by atoms with Crippen LogP contribution in [0.5, 0.6) is 5.75 Å². The Labute approximate surface area is 106 Å². The van der Waals surface area contributed by atoms with E-state index in [1.165, 1.54) is 6.26 Å². The fourth-order valence-electron chi connectivity index (χ4n) is 2.13. The van der Waals surface area contributed by atoms with Crippen LogP contribution >= 0.6 is 0 Å². The van der Waals surface area contributed by atoms with Crippen molar-refractivity contribution in [3.8, 4) is 22.9 Å². The van der Waals surface area contributed by atoms with E-state index >= 15 is 0 Å². The summed E-state index contributed by atoms with van der Waals surface area (Å²) in [6, 6.07) is 5.97. The summed E-state index contributed by atoms with van der Waals surface area (Å²) in [4.78, 5) is 0. The minimum atomic E-state index is 0.152. The highest BCUT2D eigenvalue weighted by atomic mass is 16.5. The molecule has 0 radical (unpaired) electrons. The molecule has 18 heavy (non-hydrogen) atoms. The molecule has 1 aromatic heterocycles. The number of methoxy groups -OCH3 is 1. The number of nitrogen functional groups attached to an aromatic ring is 1. The Morgan fingerprint density at radius 3 is 2.39 bits per heavy atom. The molecule has 2 N–H and O–H groups in total. The van der Waals surface area contributed by atoms with Gasteiger partial charge >= 0.3 is 0 Å². The first-order chi connectivity index (χ1) is 8.58. The summed E-state index contributed by atoms with van der Waals surface area (Å²) in [5.74, 6) is 1.01. The number of nitrogens with two attached hydrogens (primary N) is 1. The van der Waals surface area contributed by atoms with Gasteiger partial charge in [-0.1, -0.05) is 0 Å². The number of benzene rings is 1. The van der Waals surface area contributed by atoms with Gasteiger partial charge in [-0.3, -0.25) is 0 Å². The maximum atomic E-state index is 9.07. The van der Waals surface area contributed by atoms with Crippen LogP contribution in [0.3, 0.4) is 0 Å². The van der Waals surface area contributed by atoms with Crippen LogP contribution in [0.15, 0.2) is 22.8 Å². The highest BCUT2D eigenvalue weighted by Gasteiger charge is 2.15. The number of hydrogen-bond acceptors (Lipinski definition) is 4. The Hall–Kier alpha value is -2.41. The van der Waals surface area contributed by atoms with E-state index in [4.69, 9.17) is 20.1 Å². The first-order valence-corrected chi connectivity index (χ1v) is 5.51. The molecule has 4 nitrogen and oxygen atoms in total. The predicted molar refractivity (Wildman–Crippen MR) is 69.3 cm³/mol. The van der Waals surface area contributed by atoms with Crippen LogP contribution in [0.2, 0.25) is 0 Å². The zero-order valence-electron chi connectivity index (χ0n) is 10.6. The maximum Gasteiger partial charge on any atom is 0.208 e. The van der Waals surface area contributed by atoms with E-state index in [0.29, 0.717) is 11.1 Å². The Balaban J connectivity index is 2.63. The molecular weight excluding hydrogens is 228 g/mol. The summed E-state index contributed by atoms with van der Waals surface area (Å²) in [5, 5.41) is 9.07. The lowest BCUT2D eigenvalue weighted by Crippen LogP contribution is -1.93. The topological polar surface area (TPSA) is 72.2 Å². The van der Waals surface area contributed by atoms with Crippen LogP contribution in [-0.4, -0.2) is 7.11 Å². The standard InChI is InChI=1S/C14H14N2O2/c1-8-4-10(5-9(2)13(8)17-3)12-7-18-14(16)11(12)6-15/h4-5,7H,16H2,1-3H3. The minimum Gasteiger partial charge on any atom is -0.496 e. The number of anilines is 1. The van der Waals surface area contributed by atoms with Crippen molar-refractivity contribution in [2.24, 2.45) is 0 Å². The van der Waals surface area contributed by atoms with Crippen LogP contribution in [0.25, 0.3) is 11.1 Å². The second kappa shape index (κ2) is 4.46. The Morgan fingerprint density at radius 2 is 1.89 bits per heavy atom. The van der Waals surface area contributed by atoms with Crippen molar-refractivity contribution in [1.82, 2.24) is 0 Å². The Bertz CT molecular complexity index is 613. The highest BCUT2D eigenvalue weighted by Crippen LogP contribution is 2.34. The molecule has 0 saturated heterocycles. The van der Waals surface area contributed by atoms with Crippen LogP contribution < -0.4 is 10.5 Å². The van der Waals surface area contributed by atoms with Crippen molar-refractivity contribution < 1.29 is 9.15 Å². The molecule has 0 fully saturated rings. The van der Waals surface area contributed by atoms with E-state index in [9.17, 15) is 0 Å². The molecule has 92 valence electrons. The summed E-state index contributed by atoms with van der Waals surface area (Å²) in [7, 11) is 1.64. The number of hydrogen-bond donors (Lipinski definition) is 1. The lowest BCUT2D eigenvalue weighted by atomic mass is 9.99. The molecule has 0 spiro atoms. The van der Waals surface area contributed by atoms with Crippen LogP contribution in [0.1, 0.15) is 16.7 Å². The van der Waals surface area contributed by atoms with E-state index in [2.05, 4.69) is 6.07 Å². The third kappa shape index (κ3) is 1.80. The van der Waals surface area contributed by atoms with Crippen molar-refractivity contribution in [2.45, 2.75) is 13.8 Å². The average molecular weight is 242 g/mol. The molecular formula is C14H14N2O2. The summed E-state index contributed by atoms with van der Waals surface area (Å²) in [6.45, 7) is 3.93. The van der Waals surface area contributed by atoms with Crippen molar-refractivity contribution in [1.29, 1.82) is 5.26 Å². The molecule has 0 amide bonds. The van der Waals surface area contributed by atoms with Gasteiger partial charge in [-0.2, -0.15) is 5.26 Å². The van der Waals surface area contributed by atoms with Gasteiger partial charge in [0.2, 0.25) is 5.88 Å². The summed E-state index contributed by atoms with van der Waals surface area (Å²) >= 11 is 0. The first kappa shape index (κ1) is 12.1. The van der Waals surface area contributed by atoms with Gasteiger partial charge in [-0.15, -0.1) is 0 Å². The van der Waals surface area contributed by atoms with Crippen molar-refractivity contribution in [3.05, 3.63) is 35.1 Å². The summed E-state index contributed by atoms with van der Waals surface area (Å²) in [6.07, 6.45) is 1.51.